The minimum atomic E-state index is -0.642. The number of anilines is 2. The van der Waals surface area contributed by atoms with Crippen LogP contribution in [0.5, 0.6) is 0 Å². The maximum atomic E-state index is 12.2. The molecule has 0 radical (unpaired) electrons. The van der Waals surface area contributed by atoms with E-state index >= 15 is 0 Å². The van der Waals surface area contributed by atoms with Gasteiger partial charge in [0, 0.05) is 39.1 Å². The Hall–Kier alpha value is -2.90. The van der Waals surface area contributed by atoms with Crippen molar-refractivity contribution in [3.05, 3.63) is 10.8 Å². The average Bonchev–Trinajstić information content (AvgIpc) is 2.79. The largest absolute Gasteiger partial charge is 0.386 e. The topological polar surface area (TPSA) is 216 Å². The van der Waals surface area contributed by atoms with Crippen molar-refractivity contribution in [3.8, 4) is 0 Å². The van der Waals surface area contributed by atoms with Crippen molar-refractivity contribution in [1.29, 1.82) is 0 Å². The van der Waals surface area contributed by atoms with E-state index in [-0.39, 0.29) is 28.4 Å². The van der Waals surface area contributed by atoms with Crippen LogP contribution in [0, 0.1) is 0 Å². The number of nitrogens with two attached hydrogens (primary N) is 5. The van der Waals surface area contributed by atoms with Crippen molar-refractivity contribution in [1.82, 2.24) is 25.1 Å². The summed E-state index contributed by atoms with van der Waals surface area (Å²) in [5, 5.41) is 5.82. The molecule has 14 heteroatoms. The van der Waals surface area contributed by atoms with Crippen LogP contribution in [0.3, 0.4) is 0 Å². The van der Waals surface area contributed by atoms with Crippen molar-refractivity contribution >= 4 is 40.9 Å². The lowest BCUT2D eigenvalue weighted by atomic mass is 10.2. The average molecular weight is 483 g/mol. The summed E-state index contributed by atoms with van der Waals surface area (Å²) < 4.78 is 0. The quantitative estimate of drug-likeness (QED) is 0.0753. The summed E-state index contributed by atoms with van der Waals surface area (Å²) >= 11 is 5.79. The summed E-state index contributed by atoms with van der Waals surface area (Å²) in [6.45, 7) is 6.84. The minimum absolute atomic E-state index is 0.0118. The van der Waals surface area contributed by atoms with Gasteiger partial charge in [-0.15, -0.1) is 0 Å². The van der Waals surface area contributed by atoms with Crippen LogP contribution < -0.4 is 34.1 Å². The maximum Gasteiger partial charge on any atom is 0.280 e. The van der Waals surface area contributed by atoms with Gasteiger partial charge in [0.2, 0.25) is 0 Å². The van der Waals surface area contributed by atoms with Crippen LogP contribution in [0.1, 0.15) is 42.6 Å². The van der Waals surface area contributed by atoms with Crippen LogP contribution in [0.15, 0.2) is 10.1 Å². The molecule has 0 spiro atoms. The second kappa shape index (κ2) is 13.6. The van der Waals surface area contributed by atoms with Gasteiger partial charge in [-0.25, -0.2) is 9.97 Å². The summed E-state index contributed by atoms with van der Waals surface area (Å²) in [4.78, 5) is 28.9. The number of nitrogens with zero attached hydrogens (tertiary/aromatic N) is 6. The third-order valence-electron chi connectivity index (χ3n) is 5.31. The molecule has 0 bridgehead atoms. The first-order valence-corrected chi connectivity index (χ1v) is 11.3. The number of nitrogen functional groups attached to an aromatic ring is 2. The van der Waals surface area contributed by atoms with Crippen LogP contribution >= 0.6 is 11.6 Å². The lowest BCUT2D eigenvalue weighted by molar-refractivity contribution is 0.0972. The molecule has 1 amide bonds. The second-order valence-corrected chi connectivity index (χ2v) is 8.18. The number of nitrogens with one attached hydrogen (secondary N) is 1. The van der Waals surface area contributed by atoms with E-state index in [2.05, 4.69) is 35.2 Å². The molecule has 0 saturated carbocycles. The number of amidine groups is 1. The number of carbonyl (C=O) groups is 1. The summed E-state index contributed by atoms with van der Waals surface area (Å²) in [6, 6.07) is 0. The van der Waals surface area contributed by atoms with E-state index in [0.29, 0.717) is 12.4 Å². The molecular weight excluding hydrogens is 448 g/mol. The number of hydrogen-bond donors (Lipinski definition) is 6. The first-order chi connectivity index (χ1) is 15.8. The lowest BCUT2D eigenvalue weighted by Crippen LogP contribution is -2.46. The number of amides is 1. The number of piperazine rings is 1. The number of unbranched alkanes of at least 4 members (excludes halogenated alkanes) is 2. The van der Waals surface area contributed by atoms with Gasteiger partial charge in [-0.2, -0.15) is 5.10 Å². The Kier molecular flexibility index (Phi) is 10.9. The van der Waals surface area contributed by atoms with Gasteiger partial charge in [0.15, 0.2) is 28.4 Å². The Balaban J connectivity index is 1.59. The monoisotopic (exact) mass is 482 g/mol. The number of guanidine groups is 1. The van der Waals surface area contributed by atoms with Crippen molar-refractivity contribution < 1.29 is 4.79 Å². The van der Waals surface area contributed by atoms with Gasteiger partial charge >= 0.3 is 0 Å². The molecule has 1 aromatic rings. The van der Waals surface area contributed by atoms with Gasteiger partial charge in [-0.3, -0.25) is 15.1 Å². The molecule has 0 atom stereocenters. The summed E-state index contributed by atoms with van der Waals surface area (Å²) in [7, 11) is 0. The standard InChI is InChI=1S/C19H35ClN12O/c20-15-17(23)28-16(22)14(27-15)18(33)29-19(24)26-6-2-4-8-32-11-9-31(10-12-32)7-3-1-5-13(21)30-25/h1-12,25H2,(H2,21,30)(H4,22,23,28)(H3,24,26,29,33). The summed E-state index contributed by atoms with van der Waals surface area (Å²) in [6.07, 6.45) is 4.71. The number of carbonyl (C=O) groups excluding carboxylic acids is 1. The molecule has 1 aromatic heterocycles. The summed E-state index contributed by atoms with van der Waals surface area (Å²) in [5.74, 6) is 4.82. The van der Waals surface area contributed by atoms with E-state index in [9.17, 15) is 4.79 Å². The van der Waals surface area contributed by atoms with Crippen LogP contribution in [0.4, 0.5) is 11.6 Å². The van der Waals surface area contributed by atoms with Gasteiger partial charge in [0.25, 0.3) is 5.91 Å². The molecule has 184 valence electrons. The van der Waals surface area contributed by atoms with Crippen molar-refractivity contribution in [2.24, 2.45) is 27.4 Å². The fraction of sp³-hybridized carbons (Fsp3) is 0.632. The molecule has 33 heavy (non-hydrogen) atoms. The first-order valence-electron chi connectivity index (χ1n) is 11.0. The molecule has 0 aliphatic carbocycles. The van der Waals surface area contributed by atoms with E-state index in [4.69, 9.17) is 40.4 Å². The van der Waals surface area contributed by atoms with E-state index in [0.717, 1.165) is 71.4 Å². The molecule has 1 aliphatic heterocycles. The van der Waals surface area contributed by atoms with E-state index in [1.165, 1.54) is 0 Å². The second-order valence-electron chi connectivity index (χ2n) is 7.82. The Bertz CT molecular complexity index is 838. The van der Waals surface area contributed by atoms with Gasteiger partial charge < -0.3 is 38.6 Å². The molecule has 2 heterocycles. The number of hydrazone groups is 1. The molecule has 1 fully saturated rings. The van der Waals surface area contributed by atoms with Gasteiger partial charge in [0.1, 0.15) is 5.84 Å². The molecule has 13 nitrogen and oxygen atoms in total. The van der Waals surface area contributed by atoms with Crippen LogP contribution in [0.2, 0.25) is 5.15 Å². The highest BCUT2D eigenvalue weighted by molar-refractivity contribution is 6.31. The summed E-state index contributed by atoms with van der Waals surface area (Å²) in [5.41, 5.74) is 22.4. The fourth-order valence-corrected chi connectivity index (χ4v) is 3.54. The predicted molar refractivity (Wildman–Crippen MR) is 132 cm³/mol. The molecule has 2 rings (SSSR count). The highest BCUT2D eigenvalue weighted by Crippen LogP contribution is 2.17. The molecule has 0 aromatic carbocycles. The fourth-order valence-electron chi connectivity index (χ4n) is 3.41. The maximum absolute atomic E-state index is 12.2. The zero-order valence-electron chi connectivity index (χ0n) is 18.8. The third-order valence-corrected chi connectivity index (χ3v) is 5.59. The molecule has 0 unspecified atom stereocenters. The molecular formula is C19H35ClN12O. The minimum Gasteiger partial charge on any atom is -0.386 e. The van der Waals surface area contributed by atoms with Gasteiger partial charge in [0.05, 0.1) is 0 Å². The lowest BCUT2D eigenvalue weighted by Gasteiger charge is -2.34. The zero-order valence-corrected chi connectivity index (χ0v) is 19.6. The van der Waals surface area contributed by atoms with Crippen molar-refractivity contribution in [2.75, 3.05) is 57.3 Å². The Morgan fingerprint density at radius 1 is 0.970 bits per heavy atom. The molecule has 11 N–H and O–H groups in total. The van der Waals surface area contributed by atoms with Crippen LogP contribution in [0.25, 0.3) is 0 Å². The number of rotatable bonds is 11. The van der Waals surface area contributed by atoms with Crippen LogP contribution in [-0.4, -0.2) is 83.3 Å². The van der Waals surface area contributed by atoms with E-state index < -0.39 is 5.91 Å². The van der Waals surface area contributed by atoms with Crippen molar-refractivity contribution in [2.45, 2.75) is 32.1 Å². The zero-order chi connectivity index (χ0) is 24.2. The number of aromatic nitrogens is 2. The third kappa shape index (κ3) is 9.24. The van der Waals surface area contributed by atoms with Crippen molar-refractivity contribution in [3.63, 3.8) is 0 Å². The highest BCUT2D eigenvalue weighted by atomic mass is 35.5. The first kappa shape index (κ1) is 26.4. The van der Waals surface area contributed by atoms with Gasteiger partial charge in [-0.1, -0.05) is 11.6 Å². The Morgan fingerprint density at radius 2 is 1.58 bits per heavy atom. The Labute approximate surface area is 198 Å². The van der Waals surface area contributed by atoms with E-state index in [1.807, 2.05) is 0 Å². The molecule has 1 aliphatic rings. The SMILES string of the molecule is N/N=C(\N)CCCCN1CCN(CCCCN=C(N)NC(=O)c2nc(Cl)c(N)nc2N)CC1. The highest BCUT2D eigenvalue weighted by Gasteiger charge is 2.17. The number of aliphatic imine (C=N–C) groups is 1. The van der Waals surface area contributed by atoms with Gasteiger partial charge in [-0.05, 0) is 38.8 Å². The van der Waals surface area contributed by atoms with Crippen LogP contribution in [-0.2, 0) is 0 Å². The number of halogens is 1. The molecule has 1 saturated heterocycles. The van der Waals surface area contributed by atoms with E-state index in [1.54, 1.807) is 0 Å². The smallest absolute Gasteiger partial charge is 0.280 e. The predicted octanol–water partition coefficient (Wildman–Crippen LogP) is -0.862. The number of hydrogen-bond acceptors (Lipinski definition) is 10. The normalized spacial score (nSPS) is 16.2. The Morgan fingerprint density at radius 3 is 2.18 bits per heavy atom.